The summed E-state index contributed by atoms with van der Waals surface area (Å²) in [6.45, 7) is 3.25. The van der Waals surface area contributed by atoms with Crippen molar-refractivity contribution in [3.05, 3.63) is 0 Å². The van der Waals surface area contributed by atoms with Crippen molar-refractivity contribution < 1.29 is 62.1 Å². The maximum atomic E-state index is 9.00. The van der Waals surface area contributed by atoms with E-state index in [1.165, 1.54) is 0 Å². The first-order valence-corrected chi connectivity index (χ1v) is 2.78. The average molecular weight is 217 g/mol. The van der Waals surface area contributed by atoms with Crippen LogP contribution in [0.25, 0.3) is 0 Å². The van der Waals surface area contributed by atoms with Crippen molar-refractivity contribution in [3.8, 4) is 0 Å². The molecule has 0 amide bonds. The van der Waals surface area contributed by atoms with Crippen LogP contribution in [0.3, 0.4) is 0 Å². The minimum Gasteiger partial charge on any atom is -1.00 e. The molecule has 0 bridgehead atoms. The zero-order chi connectivity index (χ0) is 10.7. The van der Waals surface area contributed by atoms with E-state index in [1.54, 1.807) is 0 Å². The van der Waals surface area contributed by atoms with E-state index in [0.717, 1.165) is 20.8 Å². The molecule has 0 aliphatic rings. The number of aliphatic carboxylic acids is 3. The van der Waals surface area contributed by atoms with Crippen LogP contribution >= 0.6 is 0 Å². The Labute approximate surface area is 109 Å². The topological polar surface area (TPSA) is 112 Å². The van der Waals surface area contributed by atoms with Gasteiger partial charge in [-0.05, 0) is 0 Å². The van der Waals surface area contributed by atoms with Crippen molar-refractivity contribution in [2.24, 2.45) is 0 Å². The summed E-state index contributed by atoms with van der Waals surface area (Å²) in [5.74, 6) is -2.50. The van der Waals surface area contributed by atoms with Gasteiger partial charge in [0.1, 0.15) is 0 Å². The van der Waals surface area contributed by atoms with Crippen LogP contribution in [-0.4, -0.2) is 41.6 Å². The Morgan fingerprint density at radius 2 is 0.857 bits per heavy atom. The summed E-state index contributed by atoms with van der Waals surface area (Å²) in [6.07, 6.45) is 0. The van der Waals surface area contributed by atoms with Gasteiger partial charge in [-0.25, -0.2) is 0 Å². The molecular weight excluding hydrogens is 202 g/mol. The van der Waals surface area contributed by atoms with Crippen LogP contribution < -0.4 is 29.6 Å². The fraction of sp³-hybridized carbons (Fsp3) is 0.500. The van der Waals surface area contributed by atoms with E-state index in [-0.39, 0.29) is 40.8 Å². The molecule has 3 radical (unpaired) electrons. The number of hydrogen-bond donors (Lipinski definition) is 3. The SMILES string of the molecule is CC(=O)O.CC(=O)O.CC(=O)O.[B].[H-].[HH].[Na+]. The molecule has 0 spiro atoms. The van der Waals surface area contributed by atoms with Crippen molar-refractivity contribution in [2.45, 2.75) is 20.8 Å². The van der Waals surface area contributed by atoms with Gasteiger partial charge in [-0.15, -0.1) is 0 Å². The summed E-state index contributed by atoms with van der Waals surface area (Å²) in [5, 5.41) is 22.2. The summed E-state index contributed by atoms with van der Waals surface area (Å²) >= 11 is 0. The van der Waals surface area contributed by atoms with Gasteiger partial charge in [-0.2, -0.15) is 0 Å². The molecule has 0 saturated carbocycles. The maximum absolute atomic E-state index is 9.00. The zero-order valence-corrected chi connectivity index (χ0v) is 10.6. The molecule has 0 aliphatic carbocycles. The Hall–Kier alpha value is -0.525. The Morgan fingerprint density at radius 3 is 0.857 bits per heavy atom. The van der Waals surface area contributed by atoms with Gasteiger partial charge in [0.15, 0.2) is 0 Å². The van der Waals surface area contributed by atoms with E-state index in [1.807, 2.05) is 0 Å². The molecule has 6 nitrogen and oxygen atoms in total. The number of carboxylic acid groups (broad SMARTS) is 3. The first kappa shape index (κ1) is 29.2. The normalized spacial score (nSPS) is 5.36. The van der Waals surface area contributed by atoms with Crippen LogP contribution in [0.2, 0.25) is 0 Å². The average Bonchev–Trinajstić information content (AvgIpc) is 1.54. The Balaban J connectivity index is -0.0000000135. The summed E-state index contributed by atoms with van der Waals surface area (Å²) < 4.78 is 0. The smallest absolute Gasteiger partial charge is 1.00 e. The number of carbonyl (C=O) groups is 3. The Kier molecular flexibility index (Phi) is 47.7. The van der Waals surface area contributed by atoms with Gasteiger partial charge in [-0.1, -0.05) is 0 Å². The molecular formula is C6H15BNaO6. The molecule has 0 saturated heterocycles. The van der Waals surface area contributed by atoms with Crippen LogP contribution in [0, 0.1) is 0 Å². The second-order valence-corrected chi connectivity index (χ2v) is 1.56. The van der Waals surface area contributed by atoms with Crippen molar-refractivity contribution in [1.82, 2.24) is 0 Å². The first-order valence-electron chi connectivity index (χ1n) is 2.78. The third-order valence-corrected chi connectivity index (χ3v) is 0. The quantitative estimate of drug-likeness (QED) is 0.379. The molecule has 0 aromatic carbocycles. The van der Waals surface area contributed by atoms with Crippen LogP contribution in [0.1, 0.15) is 23.6 Å². The molecule has 0 atom stereocenters. The van der Waals surface area contributed by atoms with E-state index in [4.69, 9.17) is 29.7 Å². The molecule has 0 heterocycles. The molecule has 79 valence electrons. The van der Waals surface area contributed by atoms with E-state index < -0.39 is 17.9 Å². The second-order valence-electron chi connectivity index (χ2n) is 1.56. The molecule has 0 fully saturated rings. The standard InChI is InChI=1S/3C2H4O2.B.Na.H2.H/c3*1-2(3)4;;;;/h3*1H3,(H,3,4);;;1H;/q;;;;+1;;-1. The monoisotopic (exact) mass is 217 g/mol. The molecule has 0 unspecified atom stereocenters. The van der Waals surface area contributed by atoms with Gasteiger partial charge in [0.05, 0.1) is 0 Å². The largest absolute Gasteiger partial charge is 1.00 e. The molecule has 8 heteroatoms. The third kappa shape index (κ3) is 4570. The van der Waals surface area contributed by atoms with Crippen molar-refractivity contribution >= 4 is 26.3 Å². The summed E-state index contributed by atoms with van der Waals surface area (Å²) in [5.41, 5.74) is 0. The summed E-state index contributed by atoms with van der Waals surface area (Å²) in [7, 11) is 0. The fourth-order valence-electron chi connectivity index (χ4n) is 0. The van der Waals surface area contributed by atoms with Crippen LogP contribution in [-0.2, 0) is 14.4 Å². The molecule has 0 aromatic rings. The maximum Gasteiger partial charge on any atom is 1.00 e. The molecule has 0 rings (SSSR count). The van der Waals surface area contributed by atoms with Gasteiger partial charge in [-0.3, -0.25) is 14.4 Å². The van der Waals surface area contributed by atoms with Crippen LogP contribution in [0.5, 0.6) is 0 Å². The number of rotatable bonds is 0. The number of hydrogen-bond acceptors (Lipinski definition) is 3. The second kappa shape index (κ2) is 22.9. The molecule has 3 N–H and O–H groups in total. The van der Waals surface area contributed by atoms with Gasteiger partial charge in [0, 0.05) is 30.6 Å². The minimum absolute atomic E-state index is 0. The summed E-state index contributed by atoms with van der Waals surface area (Å²) in [6, 6.07) is 0. The van der Waals surface area contributed by atoms with E-state index in [0.29, 0.717) is 0 Å². The van der Waals surface area contributed by atoms with Crippen LogP contribution in [0.15, 0.2) is 0 Å². The van der Waals surface area contributed by atoms with E-state index in [9.17, 15) is 0 Å². The third-order valence-electron chi connectivity index (χ3n) is 0. The number of carboxylic acids is 3. The Bertz CT molecular complexity index is 129. The van der Waals surface area contributed by atoms with Crippen LogP contribution in [0.4, 0.5) is 0 Å². The van der Waals surface area contributed by atoms with Gasteiger partial charge in [0.2, 0.25) is 0 Å². The van der Waals surface area contributed by atoms with Crippen molar-refractivity contribution in [3.63, 3.8) is 0 Å². The van der Waals surface area contributed by atoms with Gasteiger partial charge >= 0.3 is 29.6 Å². The van der Waals surface area contributed by atoms with E-state index in [2.05, 4.69) is 0 Å². The summed E-state index contributed by atoms with van der Waals surface area (Å²) in [4.78, 5) is 27.0. The fourth-order valence-corrected chi connectivity index (χ4v) is 0. The van der Waals surface area contributed by atoms with E-state index >= 15 is 0 Å². The van der Waals surface area contributed by atoms with Gasteiger partial charge < -0.3 is 16.7 Å². The van der Waals surface area contributed by atoms with Crippen molar-refractivity contribution in [2.75, 3.05) is 0 Å². The predicted molar refractivity (Wildman–Crippen MR) is 48.9 cm³/mol. The van der Waals surface area contributed by atoms with Gasteiger partial charge in [0.25, 0.3) is 17.9 Å². The molecule has 0 aromatic heterocycles. The zero-order valence-electron chi connectivity index (χ0n) is 9.64. The predicted octanol–water partition coefficient (Wildman–Crippen LogP) is -2.75. The molecule has 14 heavy (non-hydrogen) atoms. The minimum atomic E-state index is -0.833. The molecule has 0 aliphatic heterocycles. The Morgan fingerprint density at radius 1 is 0.857 bits per heavy atom. The van der Waals surface area contributed by atoms with Crippen molar-refractivity contribution in [1.29, 1.82) is 0 Å². The first-order chi connectivity index (χ1) is 5.20.